The SMILES string of the molecule is CC(=O)Cc1nc2ncc(Br)cn2n1. The van der Waals surface area contributed by atoms with Crippen LogP contribution in [0.15, 0.2) is 16.9 Å². The van der Waals surface area contributed by atoms with Gasteiger partial charge in [0.05, 0.1) is 10.9 Å². The third-order valence-electron chi connectivity index (χ3n) is 1.61. The number of Topliss-reactive ketones (excluding diaryl/α,β-unsaturated/α-hetero) is 1. The maximum atomic E-state index is 10.8. The Balaban J connectivity index is 2.46. The molecule has 0 bridgehead atoms. The van der Waals surface area contributed by atoms with Gasteiger partial charge in [-0.1, -0.05) is 0 Å². The van der Waals surface area contributed by atoms with Gasteiger partial charge in [-0.2, -0.15) is 4.98 Å². The van der Waals surface area contributed by atoms with Gasteiger partial charge in [0.2, 0.25) is 0 Å². The summed E-state index contributed by atoms with van der Waals surface area (Å²) in [6, 6.07) is 0. The van der Waals surface area contributed by atoms with Crippen LogP contribution in [0.1, 0.15) is 12.7 Å². The minimum absolute atomic E-state index is 0.0416. The molecule has 0 saturated carbocycles. The highest BCUT2D eigenvalue weighted by Crippen LogP contribution is 2.07. The van der Waals surface area contributed by atoms with Crippen molar-refractivity contribution in [3.05, 3.63) is 22.7 Å². The van der Waals surface area contributed by atoms with Crippen molar-refractivity contribution in [2.75, 3.05) is 0 Å². The van der Waals surface area contributed by atoms with E-state index in [0.29, 0.717) is 11.6 Å². The first-order valence-corrected chi connectivity index (χ1v) is 4.80. The molecule has 0 spiro atoms. The van der Waals surface area contributed by atoms with E-state index in [2.05, 4.69) is 31.0 Å². The Kier molecular flexibility index (Phi) is 2.28. The normalized spacial score (nSPS) is 10.7. The first-order chi connectivity index (χ1) is 6.65. The Hall–Kier alpha value is -1.30. The Morgan fingerprint density at radius 2 is 2.43 bits per heavy atom. The first kappa shape index (κ1) is 9.26. The fourth-order valence-corrected chi connectivity index (χ4v) is 1.40. The van der Waals surface area contributed by atoms with E-state index in [1.165, 1.54) is 6.92 Å². The number of nitrogens with zero attached hydrogens (tertiary/aromatic N) is 4. The summed E-state index contributed by atoms with van der Waals surface area (Å²) in [7, 11) is 0. The summed E-state index contributed by atoms with van der Waals surface area (Å²) in [5.74, 6) is 1.05. The van der Waals surface area contributed by atoms with E-state index in [-0.39, 0.29) is 12.2 Å². The van der Waals surface area contributed by atoms with Crippen molar-refractivity contribution >= 4 is 27.5 Å². The van der Waals surface area contributed by atoms with Crippen molar-refractivity contribution in [2.45, 2.75) is 13.3 Å². The van der Waals surface area contributed by atoms with Crippen LogP contribution in [0, 0.1) is 0 Å². The van der Waals surface area contributed by atoms with Gasteiger partial charge in [0.1, 0.15) is 5.78 Å². The lowest BCUT2D eigenvalue weighted by Crippen LogP contribution is -1.98. The van der Waals surface area contributed by atoms with Crippen LogP contribution >= 0.6 is 15.9 Å². The minimum atomic E-state index is 0.0416. The molecule has 2 aromatic rings. The summed E-state index contributed by atoms with van der Waals surface area (Å²) in [5.41, 5.74) is 0. The number of ketones is 1. The number of aromatic nitrogens is 4. The molecule has 2 heterocycles. The lowest BCUT2D eigenvalue weighted by atomic mass is 10.3. The van der Waals surface area contributed by atoms with E-state index in [1.54, 1.807) is 16.9 Å². The predicted octanol–water partition coefficient (Wildman–Crippen LogP) is 1.02. The van der Waals surface area contributed by atoms with Gasteiger partial charge in [0.15, 0.2) is 5.82 Å². The van der Waals surface area contributed by atoms with Gasteiger partial charge in [-0.15, -0.1) is 5.10 Å². The summed E-state index contributed by atoms with van der Waals surface area (Å²) in [5, 5.41) is 4.11. The van der Waals surface area contributed by atoms with Gasteiger partial charge in [-0.05, 0) is 22.9 Å². The largest absolute Gasteiger partial charge is 0.300 e. The molecular formula is C8H7BrN4O. The van der Waals surface area contributed by atoms with Crippen LogP contribution in [-0.4, -0.2) is 25.4 Å². The third-order valence-corrected chi connectivity index (χ3v) is 2.02. The fourth-order valence-electron chi connectivity index (χ4n) is 1.10. The highest BCUT2D eigenvalue weighted by molar-refractivity contribution is 9.10. The van der Waals surface area contributed by atoms with Crippen LogP contribution in [0.3, 0.4) is 0 Å². The van der Waals surface area contributed by atoms with Gasteiger partial charge in [-0.25, -0.2) is 9.50 Å². The van der Waals surface area contributed by atoms with E-state index in [9.17, 15) is 4.79 Å². The number of carbonyl (C=O) groups excluding carboxylic acids is 1. The Bertz CT molecular complexity index is 493. The van der Waals surface area contributed by atoms with E-state index < -0.39 is 0 Å². The van der Waals surface area contributed by atoms with Crippen molar-refractivity contribution in [1.29, 1.82) is 0 Å². The average molecular weight is 255 g/mol. The van der Waals surface area contributed by atoms with E-state index in [4.69, 9.17) is 0 Å². The summed E-state index contributed by atoms with van der Waals surface area (Å²) < 4.78 is 2.37. The van der Waals surface area contributed by atoms with Crippen molar-refractivity contribution in [2.24, 2.45) is 0 Å². The summed E-state index contributed by atoms with van der Waals surface area (Å²) in [6.45, 7) is 1.51. The van der Waals surface area contributed by atoms with Crippen molar-refractivity contribution in [1.82, 2.24) is 19.6 Å². The Morgan fingerprint density at radius 1 is 1.64 bits per heavy atom. The lowest BCUT2D eigenvalue weighted by molar-refractivity contribution is -0.116. The second-order valence-corrected chi connectivity index (χ2v) is 3.84. The molecule has 0 aliphatic rings. The third kappa shape index (κ3) is 1.79. The number of hydrogen-bond acceptors (Lipinski definition) is 4. The molecule has 0 aliphatic heterocycles. The lowest BCUT2D eigenvalue weighted by Gasteiger charge is -1.89. The second kappa shape index (κ2) is 3.45. The zero-order chi connectivity index (χ0) is 10.1. The second-order valence-electron chi connectivity index (χ2n) is 2.92. The molecule has 5 nitrogen and oxygen atoms in total. The van der Waals surface area contributed by atoms with Gasteiger partial charge in [0, 0.05) is 12.4 Å². The van der Waals surface area contributed by atoms with Gasteiger partial charge < -0.3 is 0 Å². The molecule has 6 heteroatoms. The van der Waals surface area contributed by atoms with Crippen LogP contribution in [-0.2, 0) is 11.2 Å². The van der Waals surface area contributed by atoms with E-state index in [1.807, 2.05) is 0 Å². The molecule has 0 aliphatic carbocycles. The molecule has 2 rings (SSSR count). The van der Waals surface area contributed by atoms with Crippen LogP contribution in [0.2, 0.25) is 0 Å². The number of fused-ring (bicyclic) bond motifs is 1. The molecule has 14 heavy (non-hydrogen) atoms. The predicted molar refractivity (Wildman–Crippen MR) is 52.9 cm³/mol. The molecule has 0 amide bonds. The van der Waals surface area contributed by atoms with Crippen molar-refractivity contribution in [3.63, 3.8) is 0 Å². The molecule has 0 radical (unpaired) electrons. The van der Waals surface area contributed by atoms with Crippen LogP contribution in [0.4, 0.5) is 0 Å². The molecule has 0 N–H and O–H groups in total. The molecule has 0 fully saturated rings. The van der Waals surface area contributed by atoms with E-state index >= 15 is 0 Å². The molecule has 0 aromatic carbocycles. The maximum Gasteiger partial charge on any atom is 0.252 e. The van der Waals surface area contributed by atoms with Gasteiger partial charge >= 0.3 is 0 Å². The van der Waals surface area contributed by atoms with E-state index in [0.717, 1.165) is 4.47 Å². The molecule has 0 unspecified atom stereocenters. The zero-order valence-electron chi connectivity index (χ0n) is 7.44. The minimum Gasteiger partial charge on any atom is -0.300 e. The fraction of sp³-hybridized carbons (Fsp3) is 0.250. The molecule has 72 valence electrons. The highest BCUT2D eigenvalue weighted by atomic mass is 79.9. The summed E-state index contributed by atoms with van der Waals surface area (Å²) in [4.78, 5) is 19.0. The zero-order valence-corrected chi connectivity index (χ0v) is 9.02. The van der Waals surface area contributed by atoms with Crippen LogP contribution in [0.25, 0.3) is 5.78 Å². The van der Waals surface area contributed by atoms with Crippen LogP contribution < -0.4 is 0 Å². The number of rotatable bonds is 2. The average Bonchev–Trinajstić information content (AvgIpc) is 2.44. The smallest absolute Gasteiger partial charge is 0.252 e. The topological polar surface area (TPSA) is 60.2 Å². The monoisotopic (exact) mass is 254 g/mol. The molecular weight excluding hydrogens is 248 g/mol. The number of halogens is 1. The van der Waals surface area contributed by atoms with Crippen molar-refractivity contribution in [3.8, 4) is 0 Å². The first-order valence-electron chi connectivity index (χ1n) is 4.01. The van der Waals surface area contributed by atoms with Gasteiger partial charge in [-0.3, -0.25) is 4.79 Å². The highest BCUT2D eigenvalue weighted by Gasteiger charge is 2.06. The quantitative estimate of drug-likeness (QED) is 0.803. The van der Waals surface area contributed by atoms with Crippen molar-refractivity contribution < 1.29 is 4.79 Å². The summed E-state index contributed by atoms with van der Waals surface area (Å²) >= 11 is 3.27. The van der Waals surface area contributed by atoms with Gasteiger partial charge in [0.25, 0.3) is 5.78 Å². The Morgan fingerprint density at radius 3 is 3.14 bits per heavy atom. The number of carbonyl (C=O) groups is 1. The van der Waals surface area contributed by atoms with Crippen LogP contribution in [0.5, 0.6) is 0 Å². The number of hydrogen-bond donors (Lipinski definition) is 0. The Labute approximate surface area is 88.3 Å². The molecule has 2 aromatic heterocycles. The summed E-state index contributed by atoms with van der Waals surface area (Å²) in [6.07, 6.45) is 3.64. The molecule has 0 saturated heterocycles. The standard InChI is InChI=1S/C8H7BrN4O/c1-5(14)2-7-11-8-10-3-6(9)4-13(8)12-7/h3-4H,2H2,1H3. The molecule has 0 atom stereocenters. The maximum absolute atomic E-state index is 10.8.